The van der Waals surface area contributed by atoms with Crippen LogP contribution in [-0.2, 0) is 6.42 Å². The molecular weight excluding hydrogens is 998 g/mol. The standard InChI is InChI=1S/C28H16F34O/c29-13(30,15(33,34)17(37,38)19(41,42)21(45,46)23(49,50)25(53,54)27(57,58)59)8-1-2-10-3-5-11(6-4-10)12(63)7-9-14(31,32)16(35,36)18(39,40)20(43,44)22(47,48)24(51,52)26(55,56)28(60,61)62/h3-6,12,63H,1-2,7-9H2. The molecule has 35 heteroatoms. The molecule has 0 saturated carbocycles. The summed E-state index contributed by atoms with van der Waals surface area (Å²) in [5.74, 6) is -117. The Kier molecular flexibility index (Phi) is 14.7. The van der Waals surface area contributed by atoms with Crippen LogP contribution in [0.25, 0.3) is 0 Å². The molecule has 0 saturated heterocycles. The normalized spacial score (nSPS) is 16.7. The van der Waals surface area contributed by atoms with Gasteiger partial charge in [0.15, 0.2) is 0 Å². The van der Waals surface area contributed by atoms with E-state index in [0.29, 0.717) is 24.3 Å². The third kappa shape index (κ3) is 8.45. The molecule has 372 valence electrons. The van der Waals surface area contributed by atoms with E-state index in [9.17, 15) is 154 Å². The highest BCUT2D eigenvalue weighted by Crippen LogP contribution is 2.66. The fraction of sp³-hybridized carbons (Fsp3) is 0.786. The van der Waals surface area contributed by atoms with Crippen LogP contribution >= 0.6 is 0 Å². The Hall–Kier alpha value is -3.20. The van der Waals surface area contributed by atoms with Gasteiger partial charge in [0, 0.05) is 12.8 Å². The Morgan fingerprint density at radius 3 is 0.825 bits per heavy atom. The van der Waals surface area contributed by atoms with E-state index in [1.165, 1.54) is 0 Å². The molecule has 0 radical (unpaired) electrons. The maximum atomic E-state index is 14.2. The Labute approximate surface area is 324 Å². The lowest BCUT2D eigenvalue weighted by molar-refractivity contribution is -0.461. The molecule has 0 aromatic heterocycles. The van der Waals surface area contributed by atoms with E-state index in [1.807, 2.05) is 0 Å². The number of aliphatic hydroxyl groups is 1. The van der Waals surface area contributed by atoms with Gasteiger partial charge in [0.25, 0.3) is 0 Å². The summed E-state index contributed by atoms with van der Waals surface area (Å²) in [5, 5.41) is 9.88. The molecular formula is C28H16F34O. The zero-order chi connectivity index (χ0) is 51.1. The summed E-state index contributed by atoms with van der Waals surface area (Å²) >= 11 is 0. The van der Waals surface area contributed by atoms with Crippen LogP contribution in [0.15, 0.2) is 24.3 Å². The monoisotopic (exact) mass is 1010 g/mol. The number of rotatable bonds is 20. The van der Waals surface area contributed by atoms with E-state index in [4.69, 9.17) is 0 Å². The molecule has 0 aliphatic carbocycles. The summed E-state index contributed by atoms with van der Waals surface area (Å²) in [5.41, 5.74) is -1.64. The summed E-state index contributed by atoms with van der Waals surface area (Å²) in [6.07, 6.45) is -30.1. The molecule has 1 nitrogen and oxygen atoms in total. The van der Waals surface area contributed by atoms with Crippen LogP contribution in [0.5, 0.6) is 0 Å². The number of hydrogen-bond acceptors (Lipinski definition) is 1. The summed E-state index contributed by atoms with van der Waals surface area (Å²) < 4.78 is 456. The van der Waals surface area contributed by atoms with Crippen molar-refractivity contribution >= 4 is 0 Å². The van der Waals surface area contributed by atoms with Gasteiger partial charge in [0.1, 0.15) is 0 Å². The lowest BCUT2D eigenvalue weighted by Gasteiger charge is -2.42. The van der Waals surface area contributed by atoms with E-state index >= 15 is 0 Å². The predicted octanol–water partition coefficient (Wildman–Crippen LogP) is 13.8. The summed E-state index contributed by atoms with van der Waals surface area (Å²) in [7, 11) is 0. The van der Waals surface area contributed by atoms with Crippen LogP contribution in [0.3, 0.4) is 0 Å². The zero-order valence-corrected chi connectivity index (χ0v) is 28.7. The number of aliphatic hydroxyl groups excluding tert-OH is 1. The van der Waals surface area contributed by atoms with E-state index in [1.54, 1.807) is 0 Å². The molecule has 0 aliphatic heterocycles. The Bertz CT molecular complexity index is 1710. The fourth-order valence-electron chi connectivity index (χ4n) is 4.61. The Balaban J connectivity index is 3.24. The van der Waals surface area contributed by atoms with Crippen LogP contribution in [0.2, 0.25) is 0 Å². The van der Waals surface area contributed by atoms with Gasteiger partial charge in [-0.3, -0.25) is 0 Å². The van der Waals surface area contributed by atoms with Crippen LogP contribution in [-0.4, -0.2) is 100 Å². The van der Waals surface area contributed by atoms with Crippen molar-refractivity contribution in [2.75, 3.05) is 0 Å². The fourth-order valence-corrected chi connectivity index (χ4v) is 4.61. The second-order valence-electron chi connectivity index (χ2n) is 12.9. The third-order valence-electron chi connectivity index (χ3n) is 8.63. The van der Waals surface area contributed by atoms with Crippen molar-refractivity contribution in [2.24, 2.45) is 0 Å². The van der Waals surface area contributed by atoms with Gasteiger partial charge in [-0.25, -0.2) is 0 Å². The highest BCUT2D eigenvalue weighted by Gasteiger charge is 2.96. The summed E-state index contributed by atoms with van der Waals surface area (Å²) in [4.78, 5) is 0. The molecule has 0 fully saturated rings. The summed E-state index contributed by atoms with van der Waals surface area (Å²) in [6.45, 7) is 0. The van der Waals surface area contributed by atoms with Gasteiger partial charge in [0.2, 0.25) is 0 Å². The van der Waals surface area contributed by atoms with Crippen LogP contribution < -0.4 is 0 Å². The van der Waals surface area contributed by atoms with Crippen LogP contribution in [0.4, 0.5) is 149 Å². The first-order valence-electron chi connectivity index (χ1n) is 15.3. The Morgan fingerprint density at radius 1 is 0.317 bits per heavy atom. The van der Waals surface area contributed by atoms with Gasteiger partial charge in [-0.1, -0.05) is 24.3 Å². The molecule has 0 bridgehead atoms. The van der Waals surface area contributed by atoms with E-state index in [2.05, 4.69) is 0 Å². The first-order chi connectivity index (χ1) is 27.1. The minimum atomic E-state index is -8.93. The number of benzene rings is 1. The molecule has 0 aliphatic rings. The number of hydrogen-bond donors (Lipinski definition) is 1. The average Bonchev–Trinajstić information content (AvgIpc) is 3.08. The lowest BCUT2D eigenvalue weighted by Crippen LogP contribution is -2.74. The molecule has 1 unspecified atom stereocenters. The SMILES string of the molecule is OC(CCC(F)(F)C(F)(F)C(F)(F)C(F)(F)C(F)(F)C(F)(F)C(F)(F)C(F)(F)F)c1ccc(CCCC(F)(F)C(F)(F)C(F)(F)C(F)(F)C(F)(F)C(F)(F)C(F)(F)C(F)(F)F)cc1. The topological polar surface area (TPSA) is 20.2 Å². The molecule has 1 N–H and O–H groups in total. The molecule has 0 spiro atoms. The highest BCUT2D eigenvalue weighted by atomic mass is 19.4. The van der Waals surface area contributed by atoms with Crippen molar-refractivity contribution in [2.45, 2.75) is 133 Å². The highest BCUT2D eigenvalue weighted by molar-refractivity contribution is 5.25. The number of aryl methyl sites for hydroxylation is 1. The molecule has 1 atom stereocenters. The molecule has 0 amide bonds. The molecule has 0 heterocycles. The quantitative estimate of drug-likeness (QED) is 0.129. The number of alkyl halides is 34. The second kappa shape index (κ2) is 16.0. The summed E-state index contributed by atoms with van der Waals surface area (Å²) in [6, 6.07) is 1.40. The van der Waals surface area contributed by atoms with E-state index < -0.39 is 145 Å². The first-order valence-corrected chi connectivity index (χ1v) is 15.3. The minimum absolute atomic E-state index is 0.308. The van der Waals surface area contributed by atoms with Crippen LogP contribution in [0.1, 0.15) is 42.9 Å². The maximum absolute atomic E-state index is 14.2. The molecule has 1 aromatic carbocycles. The minimum Gasteiger partial charge on any atom is -0.388 e. The molecule has 1 aromatic rings. The van der Waals surface area contributed by atoms with Gasteiger partial charge < -0.3 is 5.11 Å². The smallest absolute Gasteiger partial charge is 0.388 e. The van der Waals surface area contributed by atoms with Crippen molar-refractivity contribution in [1.82, 2.24) is 0 Å². The maximum Gasteiger partial charge on any atom is 0.460 e. The van der Waals surface area contributed by atoms with E-state index in [-0.39, 0.29) is 0 Å². The zero-order valence-electron chi connectivity index (χ0n) is 28.7. The number of halogens is 34. The van der Waals surface area contributed by atoms with Gasteiger partial charge in [-0.2, -0.15) is 149 Å². The molecule has 1 rings (SSSR count). The van der Waals surface area contributed by atoms with Gasteiger partial charge >= 0.3 is 95.3 Å². The van der Waals surface area contributed by atoms with Gasteiger partial charge in [-0.05, 0) is 30.4 Å². The average molecular weight is 1010 g/mol. The second-order valence-corrected chi connectivity index (χ2v) is 12.9. The molecule has 63 heavy (non-hydrogen) atoms. The lowest BCUT2D eigenvalue weighted by atomic mass is 9.87. The third-order valence-corrected chi connectivity index (χ3v) is 8.63. The Morgan fingerprint density at radius 2 is 0.556 bits per heavy atom. The van der Waals surface area contributed by atoms with Gasteiger partial charge in [0.05, 0.1) is 6.10 Å². The first kappa shape index (κ1) is 57.8. The van der Waals surface area contributed by atoms with E-state index in [0.717, 1.165) is 0 Å². The van der Waals surface area contributed by atoms with Gasteiger partial charge in [-0.15, -0.1) is 0 Å². The van der Waals surface area contributed by atoms with Crippen molar-refractivity contribution in [3.63, 3.8) is 0 Å². The van der Waals surface area contributed by atoms with Crippen LogP contribution in [0, 0.1) is 0 Å². The van der Waals surface area contributed by atoms with Crippen molar-refractivity contribution in [3.8, 4) is 0 Å². The largest absolute Gasteiger partial charge is 0.460 e. The van der Waals surface area contributed by atoms with Crippen molar-refractivity contribution in [3.05, 3.63) is 35.4 Å². The predicted molar refractivity (Wildman–Crippen MR) is 135 cm³/mol. The van der Waals surface area contributed by atoms with Crippen molar-refractivity contribution < 1.29 is 154 Å². The van der Waals surface area contributed by atoms with Crippen molar-refractivity contribution in [1.29, 1.82) is 0 Å².